The van der Waals surface area contributed by atoms with Gasteiger partial charge >= 0.3 is 0 Å². The number of hydrogen-bond acceptors (Lipinski definition) is 7. The second-order valence-corrected chi connectivity index (χ2v) is 6.26. The van der Waals surface area contributed by atoms with Crippen LogP contribution in [-0.2, 0) is 0 Å². The van der Waals surface area contributed by atoms with Gasteiger partial charge in [0, 0.05) is 12.1 Å². The van der Waals surface area contributed by atoms with Crippen LogP contribution >= 0.6 is 0 Å². The molecule has 0 aliphatic carbocycles. The standard InChI is InChI=1S/C19H14F2N8/c1-10(27-18-14(6-22)17(23)25-9-26-18)19-28-15-5-11(20)2-3-16(15)29(19)13-4-12(21)7-24-8-13/h2-5,7-10H,1H3,(H3,23,25,26,27)/t10-/m1/s1. The molecule has 10 heteroatoms. The largest absolute Gasteiger partial charge is 0.382 e. The third-order valence-corrected chi connectivity index (χ3v) is 4.32. The summed E-state index contributed by atoms with van der Waals surface area (Å²) in [5, 5.41) is 12.4. The summed E-state index contributed by atoms with van der Waals surface area (Å²) in [4.78, 5) is 16.3. The number of rotatable bonds is 4. The van der Waals surface area contributed by atoms with Crippen molar-refractivity contribution in [3.8, 4) is 11.8 Å². The maximum absolute atomic E-state index is 13.8. The molecular weight excluding hydrogens is 378 g/mol. The average Bonchev–Trinajstić information content (AvgIpc) is 3.07. The monoisotopic (exact) mass is 392 g/mol. The summed E-state index contributed by atoms with van der Waals surface area (Å²) in [6.07, 6.45) is 3.81. The van der Waals surface area contributed by atoms with Crippen LogP contribution in [0, 0.1) is 23.0 Å². The predicted molar refractivity (Wildman–Crippen MR) is 102 cm³/mol. The lowest BCUT2D eigenvalue weighted by molar-refractivity contribution is 0.619. The minimum absolute atomic E-state index is 0.0436. The Labute approximate surface area is 163 Å². The summed E-state index contributed by atoms with van der Waals surface area (Å²) in [6.45, 7) is 1.78. The van der Waals surface area contributed by atoms with Crippen LogP contribution in [0.1, 0.15) is 24.4 Å². The van der Waals surface area contributed by atoms with Crippen LogP contribution in [0.2, 0.25) is 0 Å². The summed E-state index contributed by atoms with van der Waals surface area (Å²) in [7, 11) is 0. The van der Waals surface area contributed by atoms with E-state index < -0.39 is 17.7 Å². The molecule has 0 saturated carbocycles. The van der Waals surface area contributed by atoms with Gasteiger partial charge in [0.25, 0.3) is 0 Å². The van der Waals surface area contributed by atoms with Gasteiger partial charge in [0.15, 0.2) is 0 Å². The summed E-state index contributed by atoms with van der Waals surface area (Å²) >= 11 is 0. The van der Waals surface area contributed by atoms with Crippen LogP contribution in [0.4, 0.5) is 20.4 Å². The van der Waals surface area contributed by atoms with E-state index in [0.717, 1.165) is 6.20 Å². The van der Waals surface area contributed by atoms with E-state index in [1.54, 1.807) is 17.6 Å². The second-order valence-electron chi connectivity index (χ2n) is 6.26. The SMILES string of the molecule is C[C@@H](Nc1ncnc(N)c1C#N)c1nc2cc(F)ccc2n1-c1cncc(F)c1. The van der Waals surface area contributed by atoms with Crippen molar-refractivity contribution in [3.63, 3.8) is 0 Å². The Morgan fingerprint density at radius 3 is 2.76 bits per heavy atom. The van der Waals surface area contributed by atoms with Crippen molar-refractivity contribution in [2.75, 3.05) is 11.1 Å². The third-order valence-electron chi connectivity index (χ3n) is 4.32. The van der Waals surface area contributed by atoms with Gasteiger partial charge < -0.3 is 11.1 Å². The summed E-state index contributed by atoms with van der Waals surface area (Å²) in [5.74, 6) is -0.244. The first-order chi connectivity index (χ1) is 14.0. The Morgan fingerprint density at radius 1 is 1.17 bits per heavy atom. The number of imidazole rings is 1. The molecule has 4 aromatic rings. The van der Waals surface area contributed by atoms with Crippen molar-refractivity contribution in [2.24, 2.45) is 0 Å². The smallest absolute Gasteiger partial charge is 0.150 e. The third kappa shape index (κ3) is 3.29. The highest BCUT2D eigenvalue weighted by Crippen LogP contribution is 2.28. The van der Waals surface area contributed by atoms with Gasteiger partial charge in [-0.05, 0) is 19.1 Å². The Bertz CT molecular complexity index is 1260. The van der Waals surface area contributed by atoms with E-state index in [9.17, 15) is 14.0 Å². The normalized spacial score (nSPS) is 11.9. The number of nitrogens with one attached hydrogen (secondary N) is 1. The molecule has 3 N–H and O–H groups in total. The first-order valence-electron chi connectivity index (χ1n) is 8.54. The lowest BCUT2D eigenvalue weighted by atomic mass is 10.2. The van der Waals surface area contributed by atoms with Gasteiger partial charge in [-0.3, -0.25) is 9.55 Å². The molecule has 4 rings (SSSR count). The fraction of sp³-hybridized carbons (Fsp3) is 0.105. The highest BCUT2D eigenvalue weighted by atomic mass is 19.1. The number of nitrogen functional groups attached to an aromatic ring is 1. The number of benzene rings is 1. The van der Waals surface area contributed by atoms with Crippen LogP contribution in [0.5, 0.6) is 0 Å². The molecule has 144 valence electrons. The number of fused-ring (bicyclic) bond motifs is 1. The number of nitrogens with zero attached hydrogens (tertiary/aromatic N) is 6. The Balaban J connectivity index is 1.86. The number of hydrogen-bond donors (Lipinski definition) is 2. The molecule has 0 saturated heterocycles. The lowest BCUT2D eigenvalue weighted by Gasteiger charge is -2.17. The Kier molecular flexibility index (Phi) is 4.48. The minimum atomic E-state index is -0.520. The lowest BCUT2D eigenvalue weighted by Crippen LogP contribution is -2.15. The van der Waals surface area contributed by atoms with Crippen LogP contribution in [0.15, 0.2) is 43.0 Å². The van der Waals surface area contributed by atoms with Gasteiger partial charge in [0.05, 0.1) is 35.2 Å². The van der Waals surface area contributed by atoms with Crippen molar-refractivity contribution in [2.45, 2.75) is 13.0 Å². The predicted octanol–water partition coefficient (Wildman–Crippen LogP) is 3.12. The summed E-state index contributed by atoms with van der Waals surface area (Å²) in [6, 6.07) is 6.90. The van der Waals surface area contributed by atoms with Gasteiger partial charge in [-0.2, -0.15) is 5.26 Å². The molecule has 8 nitrogen and oxygen atoms in total. The molecule has 0 aliphatic rings. The molecule has 0 fully saturated rings. The highest BCUT2D eigenvalue weighted by molar-refractivity contribution is 5.78. The van der Waals surface area contributed by atoms with Crippen LogP contribution in [0.25, 0.3) is 16.7 Å². The van der Waals surface area contributed by atoms with E-state index in [1.807, 2.05) is 6.07 Å². The second kappa shape index (κ2) is 7.12. The fourth-order valence-electron chi connectivity index (χ4n) is 3.05. The molecule has 1 atom stereocenters. The first kappa shape index (κ1) is 18.2. The van der Waals surface area contributed by atoms with Gasteiger partial charge in [0.1, 0.15) is 47.1 Å². The zero-order chi connectivity index (χ0) is 20.5. The molecule has 1 aromatic carbocycles. The van der Waals surface area contributed by atoms with Crippen molar-refractivity contribution >= 4 is 22.7 Å². The molecule has 3 heterocycles. The molecule has 29 heavy (non-hydrogen) atoms. The minimum Gasteiger partial charge on any atom is -0.382 e. The van der Waals surface area contributed by atoms with Crippen LogP contribution < -0.4 is 11.1 Å². The van der Waals surface area contributed by atoms with Crippen LogP contribution in [0.3, 0.4) is 0 Å². The molecule has 0 amide bonds. The zero-order valence-electron chi connectivity index (χ0n) is 15.1. The van der Waals surface area contributed by atoms with E-state index in [1.165, 1.54) is 30.7 Å². The molecule has 0 aliphatic heterocycles. The topological polar surface area (TPSA) is 118 Å². The van der Waals surface area contributed by atoms with E-state index in [0.29, 0.717) is 22.5 Å². The highest BCUT2D eigenvalue weighted by Gasteiger charge is 2.21. The van der Waals surface area contributed by atoms with Crippen LogP contribution in [-0.4, -0.2) is 24.5 Å². The Hall–Kier alpha value is -4.13. The number of anilines is 2. The van der Waals surface area contributed by atoms with Crippen molar-refractivity contribution < 1.29 is 8.78 Å². The molecule has 0 radical (unpaired) electrons. The van der Waals surface area contributed by atoms with Gasteiger partial charge in [-0.15, -0.1) is 0 Å². The molecule has 0 bridgehead atoms. The van der Waals surface area contributed by atoms with Crippen molar-refractivity contribution in [1.82, 2.24) is 24.5 Å². The molecular formula is C19H14F2N8. The maximum atomic E-state index is 13.8. The number of halogens is 2. The Morgan fingerprint density at radius 2 is 2.00 bits per heavy atom. The maximum Gasteiger partial charge on any atom is 0.150 e. The number of nitrogens with two attached hydrogens (primary N) is 1. The fourth-order valence-corrected chi connectivity index (χ4v) is 3.05. The summed E-state index contributed by atoms with van der Waals surface area (Å²) < 4.78 is 29.2. The van der Waals surface area contributed by atoms with E-state index in [2.05, 4.69) is 25.3 Å². The van der Waals surface area contributed by atoms with E-state index in [-0.39, 0.29) is 17.2 Å². The zero-order valence-corrected chi connectivity index (χ0v) is 15.1. The number of pyridine rings is 1. The number of nitriles is 1. The molecule has 0 unspecified atom stereocenters. The van der Waals surface area contributed by atoms with Crippen molar-refractivity contribution in [3.05, 3.63) is 66.0 Å². The van der Waals surface area contributed by atoms with Gasteiger partial charge in [-0.25, -0.2) is 23.7 Å². The van der Waals surface area contributed by atoms with Gasteiger partial charge in [0.2, 0.25) is 0 Å². The van der Waals surface area contributed by atoms with E-state index >= 15 is 0 Å². The van der Waals surface area contributed by atoms with Crippen molar-refractivity contribution in [1.29, 1.82) is 5.26 Å². The van der Waals surface area contributed by atoms with E-state index in [4.69, 9.17) is 5.73 Å². The first-order valence-corrected chi connectivity index (χ1v) is 8.54. The average molecular weight is 392 g/mol. The quantitative estimate of drug-likeness (QED) is 0.548. The van der Waals surface area contributed by atoms with Gasteiger partial charge in [-0.1, -0.05) is 0 Å². The summed E-state index contributed by atoms with van der Waals surface area (Å²) in [5.41, 5.74) is 7.22. The molecule has 0 spiro atoms. The molecule has 3 aromatic heterocycles. The number of aromatic nitrogens is 5.